The lowest BCUT2D eigenvalue weighted by atomic mass is 10.1. The van der Waals surface area contributed by atoms with Crippen LogP contribution in [0.3, 0.4) is 0 Å². The first-order valence-electron chi connectivity index (χ1n) is 7.45. The summed E-state index contributed by atoms with van der Waals surface area (Å²) >= 11 is 0. The van der Waals surface area contributed by atoms with Crippen molar-refractivity contribution in [3.63, 3.8) is 0 Å². The van der Waals surface area contributed by atoms with Gasteiger partial charge in [0.25, 0.3) is 0 Å². The smallest absolute Gasteiger partial charge is 0.207 e. The minimum atomic E-state index is 0.797. The van der Waals surface area contributed by atoms with Gasteiger partial charge in [0.1, 0.15) is 11.3 Å². The third kappa shape index (κ3) is 2.09. The van der Waals surface area contributed by atoms with E-state index in [0.717, 1.165) is 42.4 Å². The summed E-state index contributed by atoms with van der Waals surface area (Å²) in [4.78, 5) is 11.2. The molecule has 5 heteroatoms. The lowest BCUT2D eigenvalue weighted by molar-refractivity contribution is 0.357. The summed E-state index contributed by atoms with van der Waals surface area (Å²) < 4.78 is 7.60. The third-order valence-corrected chi connectivity index (χ3v) is 4.12. The number of aryl methyl sites for hydroxylation is 1. The maximum Gasteiger partial charge on any atom is 0.207 e. The quantitative estimate of drug-likeness (QED) is 0.744. The molecule has 0 radical (unpaired) electrons. The zero-order valence-electron chi connectivity index (χ0n) is 12.8. The van der Waals surface area contributed by atoms with Gasteiger partial charge in [-0.1, -0.05) is 12.1 Å². The first-order valence-corrected chi connectivity index (χ1v) is 7.45. The molecule has 0 saturated carbocycles. The van der Waals surface area contributed by atoms with Crippen molar-refractivity contribution < 1.29 is 4.74 Å². The second-order valence-electron chi connectivity index (χ2n) is 5.71. The van der Waals surface area contributed by atoms with Gasteiger partial charge in [0.2, 0.25) is 5.95 Å². The molecule has 0 unspecified atom stereocenters. The number of rotatable bonds is 3. The molecule has 1 aliphatic rings. The van der Waals surface area contributed by atoms with E-state index in [2.05, 4.69) is 40.1 Å². The molecule has 1 aliphatic heterocycles. The zero-order valence-corrected chi connectivity index (χ0v) is 12.8. The SMILES string of the molecule is CN(Cc1ccc2c(c1)CCO2)c1nc2cccnc2n1C. The van der Waals surface area contributed by atoms with Crippen molar-refractivity contribution in [1.29, 1.82) is 0 Å². The Kier molecular flexibility index (Phi) is 2.99. The first-order chi connectivity index (χ1) is 10.7. The Bertz CT molecular complexity index is 840. The molecule has 0 aliphatic carbocycles. The molecule has 0 spiro atoms. The Balaban J connectivity index is 1.63. The number of pyridine rings is 1. The molecule has 0 amide bonds. The van der Waals surface area contributed by atoms with Gasteiger partial charge in [-0.2, -0.15) is 0 Å². The van der Waals surface area contributed by atoms with Crippen LogP contribution in [0.1, 0.15) is 11.1 Å². The van der Waals surface area contributed by atoms with E-state index in [-0.39, 0.29) is 0 Å². The van der Waals surface area contributed by atoms with Crippen LogP contribution in [0.5, 0.6) is 5.75 Å². The number of hydrogen-bond acceptors (Lipinski definition) is 4. The van der Waals surface area contributed by atoms with Gasteiger partial charge in [-0.3, -0.25) is 4.57 Å². The van der Waals surface area contributed by atoms with Crippen LogP contribution in [-0.2, 0) is 20.0 Å². The van der Waals surface area contributed by atoms with Crippen LogP contribution in [0.25, 0.3) is 11.2 Å². The maximum atomic E-state index is 5.56. The van der Waals surface area contributed by atoms with Crippen molar-refractivity contribution in [2.24, 2.45) is 7.05 Å². The van der Waals surface area contributed by atoms with Gasteiger partial charge in [0.05, 0.1) is 6.61 Å². The number of fused-ring (bicyclic) bond motifs is 2. The Hall–Kier alpha value is -2.56. The monoisotopic (exact) mass is 294 g/mol. The summed E-state index contributed by atoms with van der Waals surface area (Å²) in [5, 5.41) is 0. The molecule has 22 heavy (non-hydrogen) atoms. The predicted octanol–water partition coefficient (Wildman–Crippen LogP) is 2.54. The van der Waals surface area contributed by atoms with Crippen molar-refractivity contribution in [3.8, 4) is 5.75 Å². The number of imidazole rings is 1. The Labute approximate surface area is 129 Å². The van der Waals surface area contributed by atoms with E-state index in [1.54, 1.807) is 6.20 Å². The summed E-state index contributed by atoms with van der Waals surface area (Å²) in [6.45, 7) is 1.61. The van der Waals surface area contributed by atoms with Gasteiger partial charge < -0.3 is 9.64 Å². The minimum Gasteiger partial charge on any atom is -0.493 e. The number of anilines is 1. The molecule has 1 aromatic carbocycles. The molecule has 3 aromatic rings. The Morgan fingerprint density at radius 2 is 2.23 bits per heavy atom. The van der Waals surface area contributed by atoms with E-state index >= 15 is 0 Å². The molecule has 112 valence electrons. The lowest BCUT2D eigenvalue weighted by Crippen LogP contribution is -2.20. The van der Waals surface area contributed by atoms with Gasteiger partial charge in [-0.15, -0.1) is 0 Å². The van der Waals surface area contributed by atoms with Crippen LogP contribution in [0.4, 0.5) is 5.95 Å². The second-order valence-corrected chi connectivity index (χ2v) is 5.71. The van der Waals surface area contributed by atoms with E-state index in [1.165, 1.54) is 11.1 Å². The Morgan fingerprint density at radius 1 is 1.32 bits per heavy atom. The molecule has 2 aromatic heterocycles. The standard InChI is InChI=1S/C17H18N4O/c1-20(11-12-5-6-15-13(10-12)7-9-22-15)17-19-14-4-3-8-18-16(14)21(17)2/h3-6,8,10H,7,9,11H2,1-2H3. The highest BCUT2D eigenvalue weighted by atomic mass is 16.5. The first kappa shape index (κ1) is 13.1. The van der Waals surface area contributed by atoms with Gasteiger partial charge >= 0.3 is 0 Å². The number of nitrogens with zero attached hydrogens (tertiary/aromatic N) is 4. The van der Waals surface area contributed by atoms with E-state index < -0.39 is 0 Å². The predicted molar refractivity (Wildman–Crippen MR) is 86.3 cm³/mol. The fourth-order valence-corrected chi connectivity index (χ4v) is 3.04. The van der Waals surface area contributed by atoms with Crippen LogP contribution in [-0.4, -0.2) is 28.2 Å². The average Bonchev–Trinajstić information content (AvgIpc) is 3.12. The lowest BCUT2D eigenvalue weighted by Gasteiger charge is -2.18. The second kappa shape index (κ2) is 5.02. The average molecular weight is 294 g/mol. The molecule has 0 bridgehead atoms. The van der Waals surface area contributed by atoms with Gasteiger partial charge in [0, 0.05) is 33.3 Å². The molecule has 4 rings (SSSR count). The maximum absolute atomic E-state index is 5.56. The van der Waals surface area contributed by atoms with Crippen LogP contribution >= 0.6 is 0 Å². The van der Waals surface area contributed by atoms with Gasteiger partial charge in [0.15, 0.2) is 5.65 Å². The summed E-state index contributed by atoms with van der Waals surface area (Å²) in [7, 11) is 4.07. The highest BCUT2D eigenvalue weighted by molar-refractivity contribution is 5.74. The number of ether oxygens (including phenoxy) is 1. The van der Waals surface area contributed by atoms with Crippen molar-refractivity contribution in [2.45, 2.75) is 13.0 Å². The van der Waals surface area contributed by atoms with Crippen molar-refractivity contribution >= 4 is 17.1 Å². The molecule has 3 heterocycles. The molecule has 0 atom stereocenters. The van der Waals surface area contributed by atoms with Crippen molar-refractivity contribution in [2.75, 3.05) is 18.6 Å². The summed E-state index contributed by atoms with van der Waals surface area (Å²) in [6.07, 6.45) is 2.80. The number of benzene rings is 1. The van der Waals surface area contributed by atoms with Crippen LogP contribution in [0.15, 0.2) is 36.5 Å². The van der Waals surface area contributed by atoms with Crippen LogP contribution in [0, 0.1) is 0 Å². The fraction of sp³-hybridized carbons (Fsp3) is 0.294. The number of aromatic nitrogens is 3. The van der Waals surface area contributed by atoms with Crippen molar-refractivity contribution in [1.82, 2.24) is 14.5 Å². The van der Waals surface area contributed by atoms with Gasteiger partial charge in [-0.25, -0.2) is 9.97 Å². The summed E-state index contributed by atoms with van der Waals surface area (Å²) in [6, 6.07) is 10.3. The number of hydrogen-bond donors (Lipinski definition) is 0. The summed E-state index contributed by atoms with van der Waals surface area (Å²) in [5.41, 5.74) is 4.41. The highest BCUT2D eigenvalue weighted by Crippen LogP contribution is 2.27. The third-order valence-electron chi connectivity index (χ3n) is 4.12. The van der Waals surface area contributed by atoms with E-state index in [9.17, 15) is 0 Å². The molecule has 5 nitrogen and oxygen atoms in total. The van der Waals surface area contributed by atoms with Crippen molar-refractivity contribution in [3.05, 3.63) is 47.7 Å². The molecule has 0 N–H and O–H groups in total. The van der Waals surface area contributed by atoms with E-state index in [4.69, 9.17) is 4.74 Å². The molecular weight excluding hydrogens is 276 g/mol. The normalized spacial score (nSPS) is 13.2. The van der Waals surface area contributed by atoms with E-state index in [0.29, 0.717) is 0 Å². The van der Waals surface area contributed by atoms with Crippen LogP contribution < -0.4 is 9.64 Å². The van der Waals surface area contributed by atoms with Gasteiger partial charge in [-0.05, 0) is 29.3 Å². The molecule has 0 saturated heterocycles. The highest BCUT2D eigenvalue weighted by Gasteiger charge is 2.15. The molecular formula is C17H18N4O. The van der Waals surface area contributed by atoms with E-state index in [1.807, 2.05) is 23.7 Å². The zero-order chi connectivity index (χ0) is 15.1. The Morgan fingerprint density at radius 3 is 3.09 bits per heavy atom. The molecule has 0 fully saturated rings. The summed E-state index contributed by atoms with van der Waals surface area (Å²) in [5.74, 6) is 1.95. The topological polar surface area (TPSA) is 43.2 Å². The fourth-order valence-electron chi connectivity index (χ4n) is 3.04. The van der Waals surface area contributed by atoms with Crippen LogP contribution in [0.2, 0.25) is 0 Å². The largest absolute Gasteiger partial charge is 0.493 e. The minimum absolute atomic E-state index is 0.797.